The summed E-state index contributed by atoms with van der Waals surface area (Å²) < 4.78 is 5.86. The largest absolute Gasteiger partial charge is 0.479 e. The second-order valence-electron chi connectivity index (χ2n) is 5.88. The van der Waals surface area contributed by atoms with Crippen LogP contribution in [-0.4, -0.2) is 17.1 Å². The Hall–Kier alpha value is -3.51. The van der Waals surface area contributed by atoms with Crippen molar-refractivity contribution in [3.8, 4) is 11.5 Å². The van der Waals surface area contributed by atoms with Crippen LogP contribution in [0.25, 0.3) is 0 Å². The summed E-state index contributed by atoms with van der Waals surface area (Å²) in [5.41, 5.74) is 6.12. The summed E-state index contributed by atoms with van der Waals surface area (Å²) in [4.78, 5) is 25.3. The van der Waals surface area contributed by atoms with Gasteiger partial charge >= 0.3 is 12.0 Å². The van der Waals surface area contributed by atoms with Crippen molar-refractivity contribution in [2.75, 3.05) is 4.90 Å². The Bertz CT molecular complexity index is 977. The molecule has 0 saturated carbocycles. The first-order chi connectivity index (χ1) is 13.5. The van der Waals surface area contributed by atoms with Crippen LogP contribution in [0.2, 0.25) is 5.02 Å². The Labute approximate surface area is 166 Å². The molecule has 1 atom stereocenters. The molecule has 0 radical (unpaired) electrons. The number of benzene rings is 3. The smallest absolute Gasteiger partial charge is 0.331 e. The summed E-state index contributed by atoms with van der Waals surface area (Å²) in [6.45, 7) is 0. The number of primary amides is 1. The van der Waals surface area contributed by atoms with Crippen molar-refractivity contribution in [1.82, 2.24) is 0 Å². The Morgan fingerprint density at radius 2 is 1.54 bits per heavy atom. The zero-order chi connectivity index (χ0) is 20.1. The zero-order valence-corrected chi connectivity index (χ0v) is 15.4. The number of halogens is 1. The van der Waals surface area contributed by atoms with Crippen LogP contribution in [0.15, 0.2) is 78.9 Å². The molecule has 3 rings (SSSR count). The fourth-order valence-electron chi connectivity index (χ4n) is 2.80. The Kier molecular flexibility index (Phi) is 5.81. The predicted octanol–water partition coefficient (Wildman–Crippen LogP) is 4.84. The number of hydrogen-bond acceptors (Lipinski definition) is 3. The number of urea groups is 1. The van der Waals surface area contributed by atoms with E-state index in [1.54, 1.807) is 60.7 Å². The zero-order valence-electron chi connectivity index (χ0n) is 14.7. The SMILES string of the molecule is NC(=O)N(c1ccc(Cl)cc1)C(C(=O)O)c1ccccc1Oc1ccccc1. The highest BCUT2D eigenvalue weighted by molar-refractivity contribution is 6.30. The van der Waals surface area contributed by atoms with Crippen LogP contribution in [0.1, 0.15) is 11.6 Å². The molecule has 0 fully saturated rings. The first kappa shape index (κ1) is 19.3. The highest BCUT2D eigenvalue weighted by Crippen LogP contribution is 2.35. The summed E-state index contributed by atoms with van der Waals surface area (Å²) in [6.07, 6.45) is 0. The van der Waals surface area contributed by atoms with Gasteiger partial charge in [0.1, 0.15) is 11.5 Å². The highest BCUT2D eigenvalue weighted by atomic mass is 35.5. The number of aliphatic carboxylic acids is 1. The maximum Gasteiger partial charge on any atom is 0.331 e. The van der Waals surface area contributed by atoms with Gasteiger partial charge in [0.25, 0.3) is 0 Å². The van der Waals surface area contributed by atoms with Crippen molar-refractivity contribution in [3.05, 3.63) is 89.4 Å². The summed E-state index contributed by atoms with van der Waals surface area (Å²) in [5.74, 6) is -0.407. The van der Waals surface area contributed by atoms with E-state index in [0.717, 1.165) is 4.90 Å². The normalized spacial score (nSPS) is 11.5. The number of carbonyl (C=O) groups excluding carboxylic acids is 1. The number of nitrogens with zero attached hydrogens (tertiary/aromatic N) is 1. The minimum atomic E-state index is -1.39. The molecule has 6 nitrogen and oxygen atoms in total. The quantitative estimate of drug-likeness (QED) is 0.623. The maximum atomic E-state index is 12.2. The van der Waals surface area contributed by atoms with E-state index in [9.17, 15) is 14.7 Å². The summed E-state index contributed by atoms with van der Waals surface area (Å²) in [7, 11) is 0. The van der Waals surface area contributed by atoms with Crippen LogP contribution in [0, 0.1) is 0 Å². The number of ether oxygens (including phenoxy) is 1. The van der Waals surface area contributed by atoms with Gasteiger partial charge in [-0.2, -0.15) is 0 Å². The van der Waals surface area contributed by atoms with E-state index < -0.39 is 18.0 Å². The Morgan fingerprint density at radius 3 is 2.14 bits per heavy atom. The third kappa shape index (κ3) is 4.24. The minimum absolute atomic E-state index is 0.285. The summed E-state index contributed by atoms with van der Waals surface area (Å²) in [5, 5.41) is 10.4. The molecule has 28 heavy (non-hydrogen) atoms. The van der Waals surface area contributed by atoms with Gasteiger partial charge in [0.05, 0.1) is 0 Å². The standard InChI is InChI=1S/C21H17ClN2O4/c22-14-10-12-15(13-11-14)24(21(23)27)19(20(25)26)17-8-4-5-9-18(17)28-16-6-2-1-3-7-16/h1-13,19H,(H2,23,27)(H,25,26). The van der Waals surface area contributed by atoms with Gasteiger partial charge < -0.3 is 15.6 Å². The lowest BCUT2D eigenvalue weighted by atomic mass is 10.0. The molecular formula is C21H17ClN2O4. The van der Waals surface area contributed by atoms with E-state index >= 15 is 0 Å². The van der Waals surface area contributed by atoms with Crippen LogP contribution in [0.4, 0.5) is 10.5 Å². The molecule has 1 unspecified atom stereocenters. The molecule has 142 valence electrons. The van der Waals surface area contributed by atoms with Crippen LogP contribution >= 0.6 is 11.6 Å². The van der Waals surface area contributed by atoms with Crippen LogP contribution in [-0.2, 0) is 4.79 Å². The second kappa shape index (κ2) is 8.45. The average molecular weight is 397 g/mol. The van der Waals surface area contributed by atoms with Gasteiger partial charge in [0, 0.05) is 16.3 Å². The molecular weight excluding hydrogens is 380 g/mol. The monoisotopic (exact) mass is 396 g/mol. The molecule has 0 aliphatic heterocycles. The molecule has 0 aliphatic rings. The Balaban J connectivity index is 2.08. The first-order valence-corrected chi connectivity index (χ1v) is 8.74. The number of rotatable bonds is 6. The van der Waals surface area contributed by atoms with Gasteiger partial charge in [-0.05, 0) is 42.5 Å². The molecule has 3 aromatic carbocycles. The molecule has 0 bridgehead atoms. The number of anilines is 1. The van der Waals surface area contributed by atoms with Crippen LogP contribution < -0.4 is 15.4 Å². The molecule has 0 saturated heterocycles. The van der Waals surface area contributed by atoms with Crippen molar-refractivity contribution in [3.63, 3.8) is 0 Å². The Morgan fingerprint density at radius 1 is 0.929 bits per heavy atom. The molecule has 2 amide bonds. The van der Waals surface area contributed by atoms with E-state index in [2.05, 4.69) is 0 Å². The number of hydrogen-bond donors (Lipinski definition) is 2. The lowest BCUT2D eigenvalue weighted by Gasteiger charge is -2.28. The second-order valence-corrected chi connectivity index (χ2v) is 6.31. The van der Waals surface area contributed by atoms with Crippen LogP contribution in [0.3, 0.4) is 0 Å². The van der Waals surface area contributed by atoms with Gasteiger partial charge in [-0.25, -0.2) is 9.59 Å². The fraction of sp³-hybridized carbons (Fsp3) is 0.0476. The number of carbonyl (C=O) groups is 2. The third-order valence-corrected chi connectivity index (χ3v) is 4.27. The lowest BCUT2D eigenvalue weighted by molar-refractivity contribution is -0.138. The number of nitrogens with two attached hydrogens (primary N) is 1. The minimum Gasteiger partial charge on any atom is -0.479 e. The maximum absolute atomic E-state index is 12.2. The molecule has 0 aliphatic carbocycles. The molecule has 3 N–H and O–H groups in total. The van der Waals surface area contributed by atoms with Gasteiger partial charge in [0.2, 0.25) is 0 Å². The molecule has 0 heterocycles. The van der Waals surface area contributed by atoms with E-state index in [-0.39, 0.29) is 5.56 Å². The lowest BCUT2D eigenvalue weighted by Crippen LogP contribution is -2.42. The van der Waals surface area contributed by atoms with Gasteiger partial charge in [-0.3, -0.25) is 4.90 Å². The summed E-state index contributed by atoms with van der Waals surface area (Å²) in [6, 6.07) is 19.4. The third-order valence-electron chi connectivity index (χ3n) is 4.02. The predicted molar refractivity (Wildman–Crippen MR) is 107 cm³/mol. The fourth-order valence-corrected chi connectivity index (χ4v) is 2.93. The van der Waals surface area contributed by atoms with E-state index in [1.165, 1.54) is 12.1 Å². The highest BCUT2D eigenvalue weighted by Gasteiger charge is 2.33. The molecule has 0 spiro atoms. The first-order valence-electron chi connectivity index (χ1n) is 8.36. The van der Waals surface area contributed by atoms with Crippen molar-refractivity contribution in [2.45, 2.75) is 6.04 Å². The number of carboxylic acid groups (broad SMARTS) is 1. The topological polar surface area (TPSA) is 92.9 Å². The van der Waals surface area contributed by atoms with Crippen molar-refractivity contribution < 1.29 is 19.4 Å². The van der Waals surface area contributed by atoms with E-state index in [4.69, 9.17) is 22.1 Å². The number of carboxylic acids is 1. The van der Waals surface area contributed by atoms with E-state index in [0.29, 0.717) is 22.2 Å². The molecule has 3 aromatic rings. The number of amides is 2. The molecule has 7 heteroatoms. The van der Waals surface area contributed by atoms with Gasteiger partial charge in [-0.15, -0.1) is 0 Å². The average Bonchev–Trinajstić information content (AvgIpc) is 2.68. The molecule has 0 aromatic heterocycles. The van der Waals surface area contributed by atoms with Crippen molar-refractivity contribution >= 4 is 29.3 Å². The van der Waals surface area contributed by atoms with Crippen LogP contribution in [0.5, 0.6) is 11.5 Å². The number of para-hydroxylation sites is 2. The van der Waals surface area contributed by atoms with Crippen molar-refractivity contribution in [2.24, 2.45) is 5.73 Å². The van der Waals surface area contributed by atoms with Crippen molar-refractivity contribution in [1.29, 1.82) is 0 Å². The van der Waals surface area contributed by atoms with E-state index in [1.807, 2.05) is 6.07 Å². The summed E-state index contributed by atoms with van der Waals surface area (Å²) >= 11 is 5.90. The van der Waals surface area contributed by atoms with Gasteiger partial charge in [-0.1, -0.05) is 48.0 Å². The van der Waals surface area contributed by atoms with Gasteiger partial charge in [0.15, 0.2) is 6.04 Å².